The number of carboxylic acid groups (broad SMARTS) is 1. The van der Waals surface area contributed by atoms with Gasteiger partial charge in [0, 0.05) is 19.8 Å². The van der Waals surface area contributed by atoms with Gasteiger partial charge in [-0.15, -0.1) is 0 Å². The van der Waals surface area contributed by atoms with E-state index in [1.807, 2.05) is 0 Å². The highest BCUT2D eigenvalue weighted by Crippen LogP contribution is 2.38. The first kappa shape index (κ1) is 14.0. The summed E-state index contributed by atoms with van der Waals surface area (Å²) in [6.45, 7) is 2.24. The minimum absolute atomic E-state index is 0.0320. The molecule has 0 amide bonds. The molecule has 0 spiro atoms. The first-order valence-corrected chi connectivity index (χ1v) is 7.45. The standard InChI is InChI=1S/C11H17N3O4S/c1-8-3-9(8)5-13(2)19(17,18)10-4-12-14(6-10)7-11(15)16/h4,6,8-9H,3,5,7H2,1-2H3,(H,15,16). The van der Waals surface area contributed by atoms with Gasteiger partial charge in [-0.3, -0.25) is 9.48 Å². The average molecular weight is 287 g/mol. The van der Waals surface area contributed by atoms with E-state index in [9.17, 15) is 13.2 Å². The Bertz CT molecular complexity index is 581. The van der Waals surface area contributed by atoms with Gasteiger partial charge in [-0.1, -0.05) is 6.92 Å². The smallest absolute Gasteiger partial charge is 0.325 e. The lowest BCUT2D eigenvalue weighted by atomic mass is 10.3. The molecular formula is C11H17N3O4S. The molecule has 2 rings (SSSR count). The summed E-state index contributed by atoms with van der Waals surface area (Å²) >= 11 is 0. The summed E-state index contributed by atoms with van der Waals surface area (Å²) in [5, 5.41) is 12.4. The van der Waals surface area contributed by atoms with Crippen molar-refractivity contribution in [2.24, 2.45) is 11.8 Å². The minimum atomic E-state index is -3.58. The molecule has 106 valence electrons. The fourth-order valence-corrected chi connectivity index (χ4v) is 3.15. The molecule has 0 aliphatic heterocycles. The number of hydrogen-bond donors (Lipinski definition) is 1. The van der Waals surface area contributed by atoms with Crippen molar-refractivity contribution >= 4 is 16.0 Å². The third kappa shape index (κ3) is 3.13. The normalized spacial score (nSPS) is 22.7. The van der Waals surface area contributed by atoms with Gasteiger partial charge in [-0.2, -0.15) is 5.10 Å². The summed E-state index contributed by atoms with van der Waals surface area (Å²) in [5.41, 5.74) is 0. The molecule has 1 N–H and O–H groups in total. The maximum Gasteiger partial charge on any atom is 0.325 e. The van der Waals surface area contributed by atoms with E-state index < -0.39 is 16.0 Å². The molecule has 2 unspecified atom stereocenters. The van der Waals surface area contributed by atoms with Crippen LogP contribution >= 0.6 is 0 Å². The van der Waals surface area contributed by atoms with Crippen LogP contribution in [-0.4, -0.2) is 47.2 Å². The number of nitrogens with zero attached hydrogens (tertiary/aromatic N) is 3. The largest absolute Gasteiger partial charge is 0.480 e. The lowest BCUT2D eigenvalue weighted by Crippen LogP contribution is -2.29. The van der Waals surface area contributed by atoms with Crippen LogP contribution in [0, 0.1) is 11.8 Å². The molecule has 1 aromatic rings. The maximum absolute atomic E-state index is 12.2. The molecule has 8 heteroatoms. The minimum Gasteiger partial charge on any atom is -0.480 e. The van der Waals surface area contributed by atoms with Gasteiger partial charge in [0.15, 0.2) is 0 Å². The highest BCUT2D eigenvalue weighted by Gasteiger charge is 2.36. The van der Waals surface area contributed by atoms with Gasteiger partial charge in [0.05, 0.1) is 6.20 Å². The van der Waals surface area contributed by atoms with Crippen molar-refractivity contribution in [2.45, 2.75) is 24.8 Å². The monoisotopic (exact) mass is 287 g/mol. The quantitative estimate of drug-likeness (QED) is 0.809. The van der Waals surface area contributed by atoms with Gasteiger partial charge in [-0.25, -0.2) is 12.7 Å². The summed E-state index contributed by atoms with van der Waals surface area (Å²) in [6, 6.07) is 0. The van der Waals surface area contributed by atoms with Crippen molar-refractivity contribution in [3.8, 4) is 0 Å². The predicted molar refractivity (Wildman–Crippen MR) is 66.9 cm³/mol. The van der Waals surface area contributed by atoms with Crippen LogP contribution in [-0.2, 0) is 21.4 Å². The van der Waals surface area contributed by atoms with Crippen LogP contribution in [0.1, 0.15) is 13.3 Å². The van der Waals surface area contributed by atoms with Gasteiger partial charge in [0.25, 0.3) is 0 Å². The molecule has 0 aromatic carbocycles. The molecule has 1 aliphatic rings. The molecule has 0 saturated heterocycles. The molecule has 1 saturated carbocycles. The van der Waals surface area contributed by atoms with Crippen LogP contribution in [0.2, 0.25) is 0 Å². The Morgan fingerprint density at radius 3 is 2.79 bits per heavy atom. The predicted octanol–water partition coefficient (Wildman–Crippen LogP) is 0.244. The second-order valence-electron chi connectivity index (χ2n) is 5.03. The van der Waals surface area contributed by atoms with E-state index in [4.69, 9.17) is 5.11 Å². The van der Waals surface area contributed by atoms with E-state index in [1.54, 1.807) is 0 Å². The van der Waals surface area contributed by atoms with Gasteiger partial charge >= 0.3 is 5.97 Å². The molecule has 19 heavy (non-hydrogen) atoms. The summed E-state index contributed by atoms with van der Waals surface area (Å²) in [4.78, 5) is 10.6. The van der Waals surface area contributed by atoms with E-state index in [2.05, 4.69) is 12.0 Å². The lowest BCUT2D eigenvalue weighted by Gasteiger charge is -2.15. The molecule has 2 atom stereocenters. The Hall–Kier alpha value is -1.41. The molecule has 1 fully saturated rings. The van der Waals surface area contributed by atoms with Crippen molar-refractivity contribution < 1.29 is 18.3 Å². The van der Waals surface area contributed by atoms with Gasteiger partial charge < -0.3 is 5.11 Å². The first-order chi connectivity index (χ1) is 8.80. The van der Waals surface area contributed by atoms with E-state index in [0.29, 0.717) is 18.4 Å². The SMILES string of the molecule is CC1CC1CN(C)S(=O)(=O)c1cnn(CC(=O)O)c1. The van der Waals surface area contributed by atoms with Crippen LogP contribution in [0.15, 0.2) is 17.3 Å². The van der Waals surface area contributed by atoms with Crippen LogP contribution in [0.5, 0.6) is 0 Å². The third-order valence-corrected chi connectivity index (χ3v) is 5.16. The maximum atomic E-state index is 12.2. The molecule has 1 aliphatic carbocycles. The zero-order valence-electron chi connectivity index (χ0n) is 10.9. The van der Waals surface area contributed by atoms with Gasteiger partial charge in [-0.05, 0) is 18.3 Å². The Morgan fingerprint density at radius 2 is 2.26 bits per heavy atom. The molecule has 0 radical (unpaired) electrons. The molecule has 0 bridgehead atoms. The summed E-state index contributed by atoms with van der Waals surface area (Å²) < 4.78 is 26.9. The Kier molecular flexibility index (Phi) is 3.64. The third-order valence-electron chi connectivity index (χ3n) is 3.38. The second kappa shape index (κ2) is 4.93. The number of sulfonamides is 1. The van der Waals surface area contributed by atoms with Crippen molar-refractivity contribution in [2.75, 3.05) is 13.6 Å². The number of rotatable bonds is 6. The second-order valence-corrected chi connectivity index (χ2v) is 7.07. The van der Waals surface area contributed by atoms with Crippen molar-refractivity contribution in [1.29, 1.82) is 0 Å². The zero-order valence-corrected chi connectivity index (χ0v) is 11.7. The summed E-state index contributed by atoms with van der Waals surface area (Å²) in [6.07, 6.45) is 3.49. The van der Waals surface area contributed by atoms with E-state index in [1.165, 1.54) is 23.7 Å². The topological polar surface area (TPSA) is 92.5 Å². The highest BCUT2D eigenvalue weighted by atomic mass is 32.2. The average Bonchev–Trinajstić information content (AvgIpc) is 2.79. The first-order valence-electron chi connectivity index (χ1n) is 6.01. The van der Waals surface area contributed by atoms with E-state index in [-0.39, 0.29) is 11.4 Å². The van der Waals surface area contributed by atoms with Crippen molar-refractivity contribution in [3.05, 3.63) is 12.4 Å². The van der Waals surface area contributed by atoms with Crippen LogP contribution in [0.3, 0.4) is 0 Å². The van der Waals surface area contributed by atoms with Crippen LogP contribution < -0.4 is 0 Å². The highest BCUT2D eigenvalue weighted by molar-refractivity contribution is 7.89. The van der Waals surface area contributed by atoms with Crippen molar-refractivity contribution in [1.82, 2.24) is 14.1 Å². The lowest BCUT2D eigenvalue weighted by molar-refractivity contribution is -0.137. The van der Waals surface area contributed by atoms with Crippen molar-refractivity contribution in [3.63, 3.8) is 0 Å². The zero-order chi connectivity index (χ0) is 14.2. The number of aromatic nitrogens is 2. The molecule has 7 nitrogen and oxygen atoms in total. The summed E-state index contributed by atoms with van der Waals surface area (Å²) in [5.74, 6) is -0.0616. The van der Waals surface area contributed by atoms with Gasteiger partial charge in [0.2, 0.25) is 10.0 Å². The fraction of sp³-hybridized carbons (Fsp3) is 0.636. The Labute approximate surface area is 111 Å². The number of carbonyl (C=O) groups is 1. The fourth-order valence-electron chi connectivity index (χ4n) is 1.96. The number of carboxylic acids is 1. The number of hydrogen-bond acceptors (Lipinski definition) is 4. The Balaban J connectivity index is 2.09. The molecule has 1 aromatic heterocycles. The van der Waals surface area contributed by atoms with E-state index >= 15 is 0 Å². The van der Waals surface area contributed by atoms with Crippen LogP contribution in [0.25, 0.3) is 0 Å². The molecule has 1 heterocycles. The van der Waals surface area contributed by atoms with Crippen LogP contribution in [0.4, 0.5) is 0 Å². The van der Waals surface area contributed by atoms with Gasteiger partial charge in [0.1, 0.15) is 11.4 Å². The Morgan fingerprint density at radius 1 is 1.63 bits per heavy atom. The number of aliphatic carboxylic acids is 1. The van der Waals surface area contributed by atoms with E-state index in [0.717, 1.165) is 11.1 Å². The molecular weight excluding hydrogens is 270 g/mol. The summed E-state index contributed by atoms with van der Waals surface area (Å²) in [7, 11) is -2.04.